The third-order valence-corrected chi connectivity index (χ3v) is 2.20. The number of benzene rings is 1. The van der Waals surface area contributed by atoms with Crippen molar-refractivity contribution in [1.82, 2.24) is 9.97 Å². The van der Waals surface area contributed by atoms with Gasteiger partial charge in [-0.15, -0.1) is 0 Å². The van der Waals surface area contributed by atoms with Gasteiger partial charge in [0.15, 0.2) is 0 Å². The van der Waals surface area contributed by atoms with Crippen LogP contribution in [0.15, 0.2) is 36.5 Å². The van der Waals surface area contributed by atoms with Gasteiger partial charge in [-0.2, -0.15) is 0 Å². The third-order valence-electron chi connectivity index (χ3n) is 2.20. The minimum absolute atomic E-state index is 0.866. The highest BCUT2D eigenvalue weighted by Gasteiger charge is 2.00. The summed E-state index contributed by atoms with van der Waals surface area (Å²) in [4.78, 5) is 8.50. The van der Waals surface area contributed by atoms with Crippen LogP contribution in [0.25, 0.3) is 21.8 Å². The molecule has 2 heterocycles. The van der Waals surface area contributed by atoms with Crippen LogP contribution in [0.2, 0.25) is 0 Å². The van der Waals surface area contributed by atoms with Crippen LogP contribution >= 0.6 is 0 Å². The Morgan fingerprint density at radius 1 is 1.14 bits per heavy atom. The number of fused-ring (bicyclic) bond motifs is 3. The fourth-order valence-electron chi connectivity index (χ4n) is 1.55. The van der Waals surface area contributed by atoms with Crippen molar-refractivity contribution < 1.29 is 0 Å². The maximum absolute atomic E-state index is 4.31. The van der Waals surface area contributed by atoms with Crippen molar-refractivity contribution in [2.24, 2.45) is 0 Å². The molecule has 0 amide bonds. The first-order valence-corrected chi connectivity index (χ1v) is 4.37. The van der Waals surface area contributed by atoms with E-state index >= 15 is 0 Å². The Kier molecular flexibility index (Phi) is 1.47. The lowest BCUT2D eigenvalue weighted by molar-refractivity contribution is 1.36. The Labute approximate surface area is 81.2 Å². The van der Waals surface area contributed by atoms with Crippen molar-refractivity contribution in [1.29, 1.82) is 0 Å². The average molecular weight is 178 g/mol. The van der Waals surface area contributed by atoms with Gasteiger partial charge >= 0.3 is 0 Å². The molecule has 64 valence electrons. The van der Waals surface area contributed by atoms with Crippen LogP contribution in [-0.4, -0.2) is 9.97 Å². The number of aromatic nitrogens is 2. The molecule has 0 aliphatic rings. The summed E-state index contributed by atoms with van der Waals surface area (Å²) in [5.74, 6) is 0. The van der Waals surface area contributed by atoms with E-state index in [-0.39, 0.29) is 0 Å². The molecule has 0 aliphatic carbocycles. The summed E-state index contributed by atoms with van der Waals surface area (Å²) < 4.78 is 0. The van der Waals surface area contributed by atoms with E-state index in [1.165, 1.54) is 0 Å². The largest absolute Gasteiger partial charge is 0.254 e. The predicted molar refractivity (Wildman–Crippen MR) is 54.7 cm³/mol. The summed E-state index contributed by atoms with van der Waals surface area (Å²) in [6.45, 7) is 0. The summed E-state index contributed by atoms with van der Waals surface area (Å²) in [5.41, 5.74) is 1.78. The standard InChI is InChI=1S/C12H6N2/c1-3-9-5-6-10-4-2-8-14-12(10)11(9)13-7-1/h1-5,7H. The van der Waals surface area contributed by atoms with E-state index in [1.807, 2.05) is 24.3 Å². The van der Waals surface area contributed by atoms with Crippen LogP contribution < -0.4 is 0 Å². The van der Waals surface area contributed by atoms with Gasteiger partial charge < -0.3 is 0 Å². The topological polar surface area (TPSA) is 25.8 Å². The van der Waals surface area contributed by atoms with Crippen molar-refractivity contribution in [3.8, 4) is 0 Å². The van der Waals surface area contributed by atoms with Gasteiger partial charge in [-0.25, -0.2) is 4.98 Å². The minimum atomic E-state index is 0.866. The number of pyridine rings is 2. The van der Waals surface area contributed by atoms with E-state index in [9.17, 15) is 0 Å². The first kappa shape index (κ1) is 7.44. The highest BCUT2D eigenvalue weighted by Crippen LogP contribution is 2.19. The molecule has 1 aromatic carbocycles. The number of nitrogens with zero attached hydrogens (tertiary/aromatic N) is 2. The predicted octanol–water partition coefficient (Wildman–Crippen LogP) is 2.38. The lowest BCUT2D eigenvalue weighted by Gasteiger charge is -1.99. The molecule has 0 fully saturated rings. The summed E-state index contributed by atoms with van der Waals surface area (Å²) in [7, 11) is 0. The van der Waals surface area contributed by atoms with E-state index in [0.29, 0.717) is 0 Å². The van der Waals surface area contributed by atoms with Crippen LogP contribution in [0, 0.1) is 12.3 Å². The summed E-state index contributed by atoms with van der Waals surface area (Å²) >= 11 is 0. The van der Waals surface area contributed by atoms with E-state index in [4.69, 9.17) is 0 Å². The molecule has 0 saturated carbocycles. The second kappa shape index (κ2) is 2.77. The van der Waals surface area contributed by atoms with Gasteiger partial charge in [0.05, 0.1) is 17.2 Å². The SMILES string of the molecule is [c]1ccc2[c]cc3cccnc3c2n1. The molecule has 14 heavy (non-hydrogen) atoms. The molecule has 0 N–H and O–H groups in total. The van der Waals surface area contributed by atoms with E-state index in [1.54, 1.807) is 12.3 Å². The fraction of sp³-hybridized carbons (Fsp3) is 0. The van der Waals surface area contributed by atoms with Gasteiger partial charge in [-0.1, -0.05) is 6.07 Å². The number of rotatable bonds is 0. The maximum atomic E-state index is 4.31. The Morgan fingerprint density at radius 2 is 2.14 bits per heavy atom. The molecule has 0 bridgehead atoms. The first-order chi connectivity index (χ1) is 6.95. The Balaban J connectivity index is 2.61. The van der Waals surface area contributed by atoms with Crippen LogP contribution in [0.4, 0.5) is 0 Å². The van der Waals surface area contributed by atoms with E-state index in [0.717, 1.165) is 21.8 Å². The first-order valence-electron chi connectivity index (χ1n) is 4.37. The molecule has 0 unspecified atom stereocenters. The highest BCUT2D eigenvalue weighted by atomic mass is 14.7. The fourth-order valence-corrected chi connectivity index (χ4v) is 1.55. The zero-order chi connectivity index (χ0) is 9.38. The van der Waals surface area contributed by atoms with Crippen molar-refractivity contribution in [3.05, 3.63) is 48.8 Å². The van der Waals surface area contributed by atoms with Crippen LogP contribution in [-0.2, 0) is 0 Å². The quantitative estimate of drug-likeness (QED) is 0.494. The second-order valence-corrected chi connectivity index (χ2v) is 3.07. The second-order valence-electron chi connectivity index (χ2n) is 3.07. The molecule has 3 aromatic rings. The van der Waals surface area contributed by atoms with Gasteiger partial charge in [0, 0.05) is 17.0 Å². The van der Waals surface area contributed by atoms with E-state index < -0.39 is 0 Å². The Morgan fingerprint density at radius 3 is 3.14 bits per heavy atom. The molecule has 0 saturated heterocycles. The summed E-state index contributed by atoms with van der Waals surface area (Å²) in [6.07, 6.45) is 4.59. The van der Waals surface area contributed by atoms with Crippen molar-refractivity contribution in [3.63, 3.8) is 0 Å². The molecule has 3 rings (SSSR count). The van der Waals surface area contributed by atoms with Crippen molar-refractivity contribution >= 4 is 21.8 Å². The van der Waals surface area contributed by atoms with E-state index in [2.05, 4.69) is 22.2 Å². The van der Waals surface area contributed by atoms with Crippen LogP contribution in [0.3, 0.4) is 0 Å². The number of hydrogen-bond acceptors (Lipinski definition) is 2. The maximum Gasteiger partial charge on any atom is 0.0979 e. The Bertz CT molecular complexity index is 547. The summed E-state index contributed by atoms with van der Waals surface area (Å²) in [6, 6.07) is 12.8. The van der Waals surface area contributed by atoms with Gasteiger partial charge in [-0.3, -0.25) is 4.98 Å². The highest BCUT2D eigenvalue weighted by molar-refractivity contribution is 6.01. The van der Waals surface area contributed by atoms with Gasteiger partial charge in [0.2, 0.25) is 0 Å². The van der Waals surface area contributed by atoms with Gasteiger partial charge in [0.1, 0.15) is 0 Å². The van der Waals surface area contributed by atoms with Gasteiger partial charge in [0.25, 0.3) is 0 Å². The van der Waals surface area contributed by atoms with Crippen LogP contribution in [0.1, 0.15) is 0 Å². The molecule has 0 spiro atoms. The van der Waals surface area contributed by atoms with Crippen LogP contribution in [0.5, 0.6) is 0 Å². The van der Waals surface area contributed by atoms with Crippen molar-refractivity contribution in [2.75, 3.05) is 0 Å². The lowest BCUT2D eigenvalue weighted by Crippen LogP contribution is -1.83. The molecule has 0 aliphatic heterocycles. The molecule has 2 aromatic heterocycles. The third kappa shape index (κ3) is 0.973. The molecule has 2 radical (unpaired) electrons. The zero-order valence-electron chi connectivity index (χ0n) is 7.36. The molecular formula is C12H6N2. The molecular weight excluding hydrogens is 172 g/mol. The normalized spacial score (nSPS) is 10.9. The molecule has 2 nitrogen and oxygen atoms in total. The van der Waals surface area contributed by atoms with Crippen molar-refractivity contribution in [2.45, 2.75) is 0 Å². The monoisotopic (exact) mass is 178 g/mol. The average Bonchev–Trinajstić information content (AvgIpc) is 2.29. The lowest BCUT2D eigenvalue weighted by atomic mass is 10.1. The Hall–Kier alpha value is -1.96. The number of hydrogen-bond donors (Lipinski definition) is 0. The smallest absolute Gasteiger partial charge is 0.0979 e. The molecule has 2 heteroatoms. The molecule has 0 atom stereocenters. The van der Waals surface area contributed by atoms with Gasteiger partial charge in [-0.05, 0) is 30.3 Å². The summed E-state index contributed by atoms with van der Waals surface area (Å²) in [5, 5.41) is 2.04. The zero-order valence-corrected chi connectivity index (χ0v) is 7.36. The minimum Gasteiger partial charge on any atom is -0.254 e.